The van der Waals surface area contributed by atoms with Crippen molar-refractivity contribution in [3.63, 3.8) is 0 Å². The number of hydrogen-bond donors (Lipinski definition) is 2. The standard InChI is InChI=1S/C19H40N4O2/c1-7-20-18(21-11-9-10-12-24-8-2)22-15-19(5,6)23-13-16(3)25-17(4)14-23/h16-17H,7-15H2,1-6H3,(H2,20,21,22). The second-order valence-corrected chi connectivity index (χ2v) is 7.50. The Balaban J connectivity index is 2.48. The van der Waals surface area contributed by atoms with E-state index in [1.54, 1.807) is 0 Å². The van der Waals surface area contributed by atoms with Crippen LogP contribution in [0.5, 0.6) is 0 Å². The summed E-state index contributed by atoms with van der Waals surface area (Å²) in [7, 11) is 0. The van der Waals surface area contributed by atoms with Gasteiger partial charge in [-0.05, 0) is 54.4 Å². The van der Waals surface area contributed by atoms with Gasteiger partial charge in [0.05, 0.1) is 18.8 Å². The molecular weight excluding hydrogens is 316 g/mol. The van der Waals surface area contributed by atoms with Crippen LogP contribution < -0.4 is 10.6 Å². The quantitative estimate of drug-likeness (QED) is 0.357. The third-order valence-corrected chi connectivity index (χ3v) is 4.46. The molecule has 0 spiro atoms. The Bertz CT molecular complexity index is 378. The summed E-state index contributed by atoms with van der Waals surface area (Å²) in [5, 5.41) is 6.77. The minimum Gasteiger partial charge on any atom is -0.382 e. The Labute approximate surface area is 154 Å². The van der Waals surface area contributed by atoms with Gasteiger partial charge in [-0.1, -0.05) is 0 Å². The fourth-order valence-electron chi connectivity index (χ4n) is 3.07. The SMILES string of the molecule is CCNC(=NCC(C)(C)N1CC(C)OC(C)C1)NCCCCOCC. The molecule has 0 bridgehead atoms. The maximum atomic E-state index is 5.86. The van der Waals surface area contributed by atoms with Crippen LogP contribution in [0.2, 0.25) is 0 Å². The smallest absolute Gasteiger partial charge is 0.191 e. The third kappa shape index (κ3) is 8.88. The zero-order valence-corrected chi connectivity index (χ0v) is 17.2. The first-order chi connectivity index (χ1) is 11.9. The van der Waals surface area contributed by atoms with Crippen LogP contribution in [-0.2, 0) is 9.47 Å². The molecule has 0 aliphatic carbocycles. The van der Waals surface area contributed by atoms with Gasteiger partial charge in [0.15, 0.2) is 5.96 Å². The van der Waals surface area contributed by atoms with Gasteiger partial charge in [-0.3, -0.25) is 9.89 Å². The van der Waals surface area contributed by atoms with E-state index in [9.17, 15) is 0 Å². The summed E-state index contributed by atoms with van der Waals surface area (Å²) in [5.41, 5.74) is 0.0175. The molecule has 0 saturated carbocycles. The van der Waals surface area contributed by atoms with Gasteiger partial charge in [-0.15, -0.1) is 0 Å². The Morgan fingerprint density at radius 1 is 1.16 bits per heavy atom. The molecule has 0 aromatic carbocycles. The second-order valence-electron chi connectivity index (χ2n) is 7.50. The predicted octanol–water partition coefficient (Wildman–Crippen LogP) is 2.25. The van der Waals surface area contributed by atoms with Crippen LogP contribution in [0, 0.1) is 0 Å². The predicted molar refractivity (Wildman–Crippen MR) is 105 cm³/mol. The molecular formula is C19H40N4O2. The summed E-state index contributed by atoms with van der Waals surface area (Å²) < 4.78 is 11.2. The molecule has 0 amide bonds. The summed E-state index contributed by atoms with van der Waals surface area (Å²) in [6.45, 7) is 19.1. The molecule has 0 radical (unpaired) electrons. The lowest BCUT2D eigenvalue weighted by molar-refractivity contribution is -0.0939. The van der Waals surface area contributed by atoms with Crippen LogP contribution in [0.3, 0.4) is 0 Å². The van der Waals surface area contributed by atoms with E-state index < -0.39 is 0 Å². The zero-order valence-electron chi connectivity index (χ0n) is 17.2. The Hall–Kier alpha value is -0.850. The van der Waals surface area contributed by atoms with Crippen LogP contribution >= 0.6 is 0 Å². The van der Waals surface area contributed by atoms with Gasteiger partial charge in [0, 0.05) is 44.9 Å². The van der Waals surface area contributed by atoms with Crippen molar-refractivity contribution < 1.29 is 9.47 Å². The molecule has 1 saturated heterocycles. The van der Waals surface area contributed by atoms with E-state index in [-0.39, 0.29) is 17.7 Å². The highest BCUT2D eigenvalue weighted by molar-refractivity contribution is 5.79. The highest BCUT2D eigenvalue weighted by atomic mass is 16.5. The summed E-state index contributed by atoms with van der Waals surface area (Å²) in [5.74, 6) is 0.904. The monoisotopic (exact) mass is 356 g/mol. The molecule has 1 aliphatic heterocycles. The van der Waals surface area contributed by atoms with Crippen molar-refractivity contribution in [1.29, 1.82) is 0 Å². The molecule has 2 atom stereocenters. The molecule has 0 aromatic heterocycles. The van der Waals surface area contributed by atoms with Gasteiger partial charge in [0.2, 0.25) is 0 Å². The maximum Gasteiger partial charge on any atom is 0.191 e. The van der Waals surface area contributed by atoms with Crippen molar-refractivity contribution in [3.8, 4) is 0 Å². The van der Waals surface area contributed by atoms with Crippen molar-refractivity contribution in [2.24, 2.45) is 4.99 Å². The van der Waals surface area contributed by atoms with Gasteiger partial charge in [0.25, 0.3) is 0 Å². The Morgan fingerprint density at radius 2 is 1.84 bits per heavy atom. The minimum absolute atomic E-state index is 0.0175. The first kappa shape index (κ1) is 22.2. The number of nitrogens with zero attached hydrogens (tertiary/aromatic N) is 2. The first-order valence-electron chi connectivity index (χ1n) is 9.89. The van der Waals surface area contributed by atoms with E-state index in [4.69, 9.17) is 14.5 Å². The average Bonchev–Trinajstić information content (AvgIpc) is 2.55. The number of morpholine rings is 1. The van der Waals surface area contributed by atoms with Crippen LogP contribution in [0.25, 0.3) is 0 Å². The molecule has 25 heavy (non-hydrogen) atoms. The number of rotatable bonds is 10. The van der Waals surface area contributed by atoms with Gasteiger partial charge in [0.1, 0.15) is 0 Å². The number of unbranched alkanes of at least 4 members (excludes halogenated alkanes) is 1. The number of guanidine groups is 1. The van der Waals surface area contributed by atoms with Crippen molar-refractivity contribution in [3.05, 3.63) is 0 Å². The Kier molecular flexibility index (Phi) is 10.4. The topological polar surface area (TPSA) is 58.1 Å². The number of aliphatic imine (C=N–C) groups is 1. The summed E-state index contributed by atoms with van der Waals surface area (Å²) in [6.07, 6.45) is 2.73. The molecule has 2 unspecified atom stereocenters. The van der Waals surface area contributed by atoms with Crippen molar-refractivity contribution >= 4 is 5.96 Å². The van der Waals surface area contributed by atoms with Crippen molar-refractivity contribution in [2.75, 3.05) is 45.9 Å². The molecule has 0 aromatic rings. The summed E-state index contributed by atoms with van der Waals surface area (Å²) in [4.78, 5) is 7.33. The minimum atomic E-state index is 0.0175. The maximum absolute atomic E-state index is 5.86. The second kappa shape index (κ2) is 11.7. The van der Waals surface area contributed by atoms with E-state index in [0.717, 1.165) is 64.7 Å². The number of ether oxygens (including phenoxy) is 2. The molecule has 1 aliphatic rings. The van der Waals surface area contributed by atoms with Crippen LogP contribution in [0.1, 0.15) is 54.4 Å². The van der Waals surface area contributed by atoms with E-state index >= 15 is 0 Å². The summed E-state index contributed by atoms with van der Waals surface area (Å²) in [6, 6.07) is 0. The van der Waals surface area contributed by atoms with E-state index in [1.165, 1.54) is 0 Å². The molecule has 1 rings (SSSR count). The lowest BCUT2D eigenvalue weighted by Crippen LogP contribution is -2.56. The highest BCUT2D eigenvalue weighted by Gasteiger charge is 2.33. The largest absolute Gasteiger partial charge is 0.382 e. The van der Waals surface area contributed by atoms with E-state index in [1.807, 2.05) is 6.92 Å². The van der Waals surface area contributed by atoms with Crippen LogP contribution in [0.4, 0.5) is 0 Å². The van der Waals surface area contributed by atoms with Crippen LogP contribution in [0.15, 0.2) is 4.99 Å². The van der Waals surface area contributed by atoms with Crippen molar-refractivity contribution in [1.82, 2.24) is 15.5 Å². The lowest BCUT2D eigenvalue weighted by atomic mass is 10.0. The molecule has 2 N–H and O–H groups in total. The lowest BCUT2D eigenvalue weighted by Gasteiger charge is -2.44. The summed E-state index contributed by atoms with van der Waals surface area (Å²) >= 11 is 0. The molecule has 1 heterocycles. The van der Waals surface area contributed by atoms with E-state index in [0.29, 0.717) is 0 Å². The molecule has 148 valence electrons. The van der Waals surface area contributed by atoms with Gasteiger partial charge < -0.3 is 20.1 Å². The van der Waals surface area contributed by atoms with Gasteiger partial charge in [-0.2, -0.15) is 0 Å². The number of nitrogens with one attached hydrogen (secondary N) is 2. The normalized spacial score (nSPS) is 22.9. The average molecular weight is 357 g/mol. The molecule has 1 fully saturated rings. The molecule has 6 heteroatoms. The highest BCUT2D eigenvalue weighted by Crippen LogP contribution is 2.21. The molecule has 6 nitrogen and oxygen atoms in total. The zero-order chi connectivity index (χ0) is 18.7. The van der Waals surface area contributed by atoms with E-state index in [2.05, 4.69) is 50.2 Å². The van der Waals surface area contributed by atoms with Gasteiger partial charge >= 0.3 is 0 Å². The Morgan fingerprint density at radius 3 is 2.44 bits per heavy atom. The fourth-order valence-corrected chi connectivity index (χ4v) is 3.07. The number of hydrogen-bond acceptors (Lipinski definition) is 4. The first-order valence-corrected chi connectivity index (χ1v) is 9.89. The fraction of sp³-hybridized carbons (Fsp3) is 0.947. The van der Waals surface area contributed by atoms with Gasteiger partial charge in [-0.25, -0.2) is 0 Å². The van der Waals surface area contributed by atoms with Crippen molar-refractivity contribution in [2.45, 2.75) is 72.1 Å². The van der Waals surface area contributed by atoms with Crippen LogP contribution in [-0.4, -0.2) is 74.5 Å². The third-order valence-electron chi connectivity index (χ3n) is 4.46.